The van der Waals surface area contributed by atoms with Crippen LogP contribution in [-0.4, -0.2) is 21.9 Å². The van der Waals surface area contributed by atoms with Gasteiger partial charge in [-0.25, -0.2) is 0 Å². The minimum absolute atomic E-state index is 0.233. The van der Waals surface area contributed by atoms with Crippen LogP contribution in [0.1, 0.15) is 23.9 Å². The number of ether oxygens (including phenoxy) is 2. The maximum absolute atomic E-state index is 12.9. The van der Waals surface area contributed by atoms with E-state index in [1.807, 2.05) is 11.5 Å². The second-order valence-corrected chi connectivity index (χ2v) is 7.04. The normalized spacial score (nSPS) is 11.5. The number of halogens is 3. The second kappa shape index (κ2) is 9.21. The summed E-state index contributed by atoms with van der Waals surface area (Å²) in [4.78, 5) is 0. The van der Waals surface area contributed by atoms with Gasteiger partial charge < -0.3 is 14.0 Å². The van der Waals surface area contributed by atoms with E-state index in [-0.39, 0.29) is 6.61 Å². The zero-order valence-corrected chi connectivity index (χ0v) is 16.8. The Labute approximate surface area is 170 Å². The van der Waals surface area contributed by atoms with Crippen LogP contribution in [-0.2, 0) is 25.1 Å². The minimum Gasteiger partial charge on any atom is -0.497 e. The van der Waals surface area contributed by atoms with E-state index in [0.29, 0.717) is 34.6 Å². The van der Waals surface area contributed by atoms with Crippen LogP contribution in [0.4, 0.5) is 13.2 Å². The number of aromatic nitrogens is 3. The second-order valence-electron chi connectivity index (χ2n) is 6.09. The third-order valence-electron chi connectivity index (χ3n) is 4.16. The predicted octanol–water partition coefficient (Wildman–Crippen LogP) is 5.20. The van der Waals surface area contributed by atoms with Crippen molar-refractivity contribution in [3.63, 3.8) is 0 Å². The van der Waals surface area contributed by atoms with Gasteiger partial charge >= 0.3 is 6.18 Å². The largest absolute Gasteiger partial charge is 0.497 e. The molecule has 9 heteroatoms. The van der Waals surface area contributed by atoms with Gasteiger partial charge in [-0.05, 0) is 42.8 Å². The summed E-state index contributed by atoms with van der Waals surface area (Å²) in [7, 11) is 1.60. The number of nitrogens with zero attached hydrogens (tertiary/aromatic N) is 3. The maximum atomic E-state index is 12.9. The topological polar surface area (TPSA) is 49.2 Å². The summed E-state index contributed by atoms with van der Waals surface area (Å²) in [5.41, 5.74) is -0.0763. The molecule has 0 aliphatic rings. The zero-order valence-electron chi connectivity index (χ0n) is 15.9. The molecule has 0 fully saturated rings. The lowest BCUT2D eigenvalue weighted by molar-refractivity contribution is -0.137. The number of methoxy groups -OCH3 is 1. The molecule has 0 unspecified atom stereocenters. The van der Waals surface area contributed by atoms with Crippen molar-refractivity contribution in [2.75, 3.05) is 7.11 Å². The lowest BCUT2D eigenvalue weighted by Crippen LogP contribution is -2.07. The van der Waals surface area contributed by atoms with Gasteiger partial charge in [0.2, 0.25) is 0 Å². The first-order valence-electron chi connectivity index (χ1n) is 8.88. The standard InChI is InChI=1S/C20H20F3N3O2S/c1-3-26-18(12-28-17-9-7-16(27-2)8-10-17)24-25-19(26)29-13-14-5-4-6-15(11-14)20(21,22)23/h4-11H,3,12-13H2,1-2H3. The fraction of sp³-hybridized carbons (Fsp3) is 0.300. The molecule has 1 heterocycles. The molecule has 0 spiro atoms. The van der Waals surface area contributed by atoms with E-state index in [9.17, 15) is 13.2 Å². The molecule has 29 heavy (non-hydrogen) atoms. The number of hydrogen-bond acceptors (Lipinski definition) is 5. The van der Waals surface area contributed by atoms with E-state index in [4.69, 9.17) is 9.47 Å². The molecule has 0 saturated heterocycles. The fourth-order valence-corrected chi connectivity index (χ4v) is 3.62. The summed E-state index contributed by atoms with van der Waals surface area (Å²) in [5, 5.41) is 8.97. The summed E-state index contributed by atoms with van der Waals surface area (Å²) in [6, 6.07) is 12.5. The lowest BCUT2D eigenvalue weighted by atomic mass is 10.1. The molecule has 3 rings (SSSR count). The average Bonchev–Trinajstić information content (AvgIpc) is 3.12. The van der Waals surface area contributed by atoms with Crippen LogP contribution >= 0.6 is 11.8 Å². The quantitative estimate of drug-likeness (QED) is 0.466. The van der Waals surface area contributed by atoms with Crippen LogP contribution in [0, 0.1) is 0 Å². The van der Waals surface area contributed by atoms with E-state index in [2.05, 4.69) is 10.2 Å². The van der Waals surface area contributed by atoms with Gasteiger partial charge in [-0.3, -0.25) is 0 Å². The third-order valence-corrected chi connectivity index (χ3v) is 5.20. The molecule has 0 radical (unpaired) electrons. The molecule has 0 saturated carbocycles. The number of thioether (sulfide) groups is 1. The third kappa shape index (κ3) is 5.44. The molecule has 5 nitrogen and oxygen atoms in total. The van der Waals surface area contributed by atoms with Crippen molar-refractivity contribution in [3.8, 4) is 11.5 Å². The van der Waals surface area contributed by atoms with Gasteiger partial charge in [0.15, 0.2) is 11.0 Å². The Morgan fingerprint density at radius 3 is 2.41 bits per heavy atom. The highest BCUT2D eigenvalue weighted by Gasteiger charge is 2.30. The van der Waals surface area contributed by atoms with Gasteiger partial charge in [-0.1, -0.05) is 30.0 Å². The Morgan fingerprint density at radius 1 is 1.03 bits per heavy atom. The van der Waals surface area contributed by atoms with Crippen LogP contribution in [0.3, 0.4) is 0 Å². The van der Waals surface area contributed by atoms with Gasteiger partial charge in [-0.2, -0.15) is 13.2 Å². The summed E-state index contributed by atoms with van der Waals surface area (Å²) >= 11 is 1.34. The molecule has 154 valence electrons. The Kier molecular flexibility index (Phi) is 6.68. The number of rotatable bonds is 8. The molecule has 3 aromatic rings. The van der Waals surface area contributed by atoms with Crippen LogP contribution in [0.15, 0.2) is 53.7 Å². The molecule has 0 amide bonds. The van der Waals surface area contributed by atoms with Gasteiger partial charge in [0, 0.05) is 12.3 Å². The van der Waals surface area contributed by atoms with Gasteiger partial charge in [0.1, 0.15) is 18.1 Å². The molecule has 0 bridgehead atoms. The van der Waals surface area contributed by atoms with E-state index in [0.717, 1.165) is 17.9 Å². The monoisotopic (exact) mass is 423 g/mol. The summed E-state index contributed by atoms with van der Waals surface area (Å²) in [5.74, 6) is 2.42. The first kappa shape index (κ1) is 21.0. The van der Waals surface area contributed by atoms with Crippen molar-refractivity contribution < 1.29 is 22.6 Å². The first-order chi connectivity index (χ1) is 13.9. The van der Waals surface area contributed by atoms with Crippen LogP contribution < -0.4 is 9.47 Å². The van der Waals surface area contributed by atoms with Crippen LogP contribution in [0.5, 0.6) is 11.5 Å². The van der Waals surface area contributed by atoms with Gasteiger partial charge in [0.05, 0.1) is 12.7 Å². The van der Waals surface area contributed by atoms with E-state index >= 15 is 0 Å². The fourth-order valence-electron chi connectivity index (χ4n) is 2.66. The van der Waals surface area contributed by atoms with Crippen LogP contribution in [0.2, 0.25) is 0 Å². The molecule has 0 N–H and O–H groups in total. The maximum Gasteiger partial charge on any atom is 0.416 e. The zero-order chi connectivity index (χ0) is 20.9. The molecular weight excluding hydrogens is 403 g/mol. The molecule has 0 aliphatic carbocycles. The Bertz CT molecular complexity index is 943. The average molecular weight is 423 g/mol. The first-order valence-corrected chi connectivity index (χ1v) is 9.87. The van der Waals surface area contributed by atoms with Crippen molar-refractivity contribution in [1.82, 2.24) is 14.8 Å². The lowest BCUT2D eigenvalue weighted by Gasteiger charge is -2.10. The highest BCUT2D eigenvalue weighted by molar-refractivity contribution is 7.98. The predicted molar refractivity (Wildman–Crippen MR) is 104 cm³/mol. The van der Waals surface area contributed by atoms with Crippen molar-refractivity contribution in [2.45, 2.75) is 37.2 Å². The minimum atomic E-state index is -4.35. The summed E-state index contributed by atoms with van der Waals surface area (Å²) in [6.45, 7) is 2.81. The number of hydrogen-bond donors (Lipinski definition) is 0. The van der Waals surface area contributed by atoms with Crippen molar-refractivity contribution in [2.24, 2.45) is 0 Å². The summed E-state index contributed by atoms with van der Waals surface area (Å²) in [6.07, 6.45) is -4.35. The number of benzene rings is 2. The van der Waals surface area contributed by atoms with Crippen molar-refractivity contribution in [3.05, 3.63) is 65.5 Å². The highest BCUT2D eigenvalue weighted by Crippen LogP contribution is 2.31. The van der Waals surface area contributed by atoms with Crippen molar-refractivity contribution in [1.29, 1.82) is 0 Å². The smallest absolute Gasteiger partial charge is 0.416 e. The Balaban J connectivity index is 1.64. The Hall–Kier alpha value is -2.68. The molecule has 0 aliphatic heterocycles. The Morgan fingerprint density at radius 2 is 1.76 bits per heavy atom. The van der Waals surface area contributed by atoms with E-state index < -0.39 is 11.7 Å². The molecule has 1 aromatic heterocycles. The van der Waals surface area contributed by atoms with Gasteiger partial charge in [0.25, 0.3) is 0 Å². The molecule has 2 aromatic carbocycles. The van der Waals surface area contributed by atoms with Gasteiger partial charge in [-0.15, -0.1) is 10.2 Å². The van der Waals surface area contributed by atoms with E-state index in [1.54, 1.807) is 37.4 Å². The van der Waals surface area contributed by atoms with Crippen molar-refractivity contribution >= 4 is 11.8 Å². The highest BCUT2D eigenvalue weighted by atomic mass is 32.2. The molecular formula is C20H20F3N3O2S. The SMILES string of the molecule is CCn1c(COc2ccc(OC)cc2)nnc1SCc1cccc(C(F)(F)F)c1. The van der Waals surface area contributed by atoms with E-state index in [1.165, 1.54) is 17.8 Å². The van der Waals surface area contributed by atoms with Crippen LogP contribution in [0.25, 0.3) is 0 Å². The molecule has 0 atom stereocenters. The number of alkyl halides is 3. The summed E-state index contributed by atoms with van der Waals surface area (Å²) < 4.78 is 51.4.